The van der Waals surface area contributed by atoms with Gasteiger partial charge in [-0.15, -0.1) is 12.4 Å². The van der Waals surface area contributed by atoms with E-state index < -0.39 is 11.9 Å². The largest absolute Gasteiger partial charge is 0.481 e. The molecule has 0 aliphatic carbocycles. The van der Waals surface area contributed by atoms with Crippen molar-refractivity contribution in [3.05, 3.63) is 0 Å². The van der Waals surface area contributed by atoms with Crippen molar-refractivity contribution in [3.8, 4) is 0 Å². The summed E-state index contributed by atoms with van der Waals surface area (Å²) in [6.45, 7) is 1.45. The molecule has 1 N–H and O–H groups in total. The number of rotatable bonds is 5. The van der Waals surface area contributed by atoms with E-state index in [0.29, 0.717) is 11.5 Å². The molecule has 1 unspecified atom stereocenters. The van der Waals surface area contributed by atoms with Crippen molar-refractivity contribution in [2.45, 2.75) is 6.92 Å². The van der Waals surface area contributed by atoms with Gasteiger partial charge in [0.2, 0.25) is 0 Å². The Morgan fingerprint density at radius 1 is 1.38 bits per heavy atom. The monoisotopic (exact) mass is 244 g/mol. The van der Waals surface area contributed by atoms with Crippen molar-refractivity contribution in [3.63, 3.8) is 0 Å². The first kappa shape index (κ1) is 15.6. The van der Waals surface area contributed by atoms with E-state index >= 15 is 0 Å². The molecule has 0 heterocycles. The van der Waals surface area contributed by atoms with Gasteiger partial charge < -0.3 is 5.11 Å². The van der Waals surface area contributed by atoms with Gasteiger partial charge in [0.15, 0.2) is 5.12 Å². The Kier molecular flexibility index (Phi) is 10.5. The zero-order valence-corrected chi connectivity index (χ0v) is 9.93. The van der Waals surface area contributed by atoms with E-state index in [0.717, 1.165) is 11.8 Å². The van der Waals surface area contributed by atoms with Crippen LogP contribution in [0.4, 0.5) is 0 Å². The third kappa shape index (κ3) is 8.46. The molecule has 0 aliphatic rings. The number of hydrogen-bond acceptors (Lipinski definition) is 4. The zero-order chi connectivity index (χ0) is 9.56. The molecule has 3 nitrogen and oxygen atoms in total. The summed E-state index contributed by atoms with van der Waals surface area (Å²) in [6.07, 6.45) is 1.86. The van der Waals surface area contributed by atoms with Gasteiger partial charge in [0.1, 0.15) is 0 Å². The number of thioether (sulfide) groups is 2. The highest BCUT2D eigenvalue weighted by Gasteiger charge is 2.17. The topological polar surface area (TPSA) is 54.4 Å². The summed E-state index contributed by atoms with van der Waals surface area (Å²) >= 11 is 2.56. The average molecular weight is 245 g/mol. The fourth-order valence-electron chi connectivity index (χ4n) is 0.610. The molecular weight excluding hydrogens is 232 g/mol. The number of aliphatic carboxylic acids is 1. The standard InChI is InChI=1S/C7H12O3S2.ClH/c1-5(8)12-4-6(3-11-2)7(9)10;/h6H,3-4H2,1-2H3,(H,9,10);1H. The highest BCUT2D eigenvalue weighted by atomic mass is 35.5. The second-order valence-electron chi connectivity index (χ2n) is 2.29. The molecule has 0 aromatic heterocycles. The molecule has 0 bridgehead atoms. The van der Waals surface area contributed by atoms with Gasteiger partial charge >= 0.3 is 5.97 Å². The number of halogens is 1. The summed E-state index contributed by atoms with van der Waals surface area (Å²) in [5.41, 5.74) is 0. The van der Waals surface area contributed by atoms with Crippen LogP contribution in [0.3, 0.4) is 0 Å². The molecule has 1 atom stereocenters. The molecule has 78 valence electrons. The normalized spacial score (nSPS) is 11.5. The van der Waals surface area contributed by atoms with Crippen molar-refractivity contribution < 1.29 is 14.7 Å². The van der Waals surface area contributed by atoms with Crippen LogP contribution < -0.4 is 0 Å². The van der Waals surface area contributed by atoms with Crippen LogP contribution in [-0.4, -0.2) is 34.0 Å². The minimum absolute atomic E-state index is 0. The lowest BCUT2D eigenvalue weighted by Gasteiger charge is -2.07. The average Bonchev–Trinajstić information content (AvgIpc) is 1.96. The molecule has 0 radical (unpaired) electrons. The van der Waals surface area contributed by atoms with Gasteiger partial charge in [-0.2, -0.15) is 11.8 Å². The quantitative estimate of drug-likeness (QED) is 0.799. The molecule has 0 saturated carbocycles. The molecule has 0 saturated heterocycles. The molecular formula is C7H13ClO3S2. The lowest BCUT2D eigenvalue weighted by molar-refractivity contribution is -0.140. The minimum atomic E-state index is -0.821. The molecule has 0 aromatic carbocycles. The van der Waals surface area contributed by atoms with Crippen LogP contribution in [0.5, 0.6) is 0 Å². The van der Waals surface area contributed by atoms with E-state index in [4.69, 9.17) is 5.11 Å². The van der Waals surface area contributed by atoms with Crippen molar-refractivity contribution in [1.29, 1.82) is 0 Å². The third-order valence-corrected chi connectivity index (χ3v) is 2.92. The fourth-order valence-corrected chi connectivity index (χ4v) is 2.12. The summed E-state index contributed by atoms with van der Waals surface area (Å²) in [4.78, 5) is 21.1. The Hall–Kier alpha value is 0.130. The zero-order valence-electron chi connectivity index (χ0n) is 7.48. The van der Waals surface area contributed by atoms with E-state index in [-0.39, 0.29) is 17.5 Å². The smallest absolute Gasteiger partial charge is 0.308 e. The van der Waals surface area contributed by atoms with E-state index in [2.05, 4.69) is 0 Å². The van der Waals surface area contributed by atoms with Gasteiger partial charge in [-0.05, 0) is 6.26 Å². The summed E-state index contributed by atoms with van der Waals surface area (Å²) in [5.74, 6) is -0.284. The first-order chi connectivity index (χ1) is 5.57. The number of carboxylic acids is 1. The predicted molar refractivity (Wildman–Crippen MR) is 59.9 cm³/mol. The predicted octanol–water partition coefficient (Wildman–Crippen LogP) is 1.75. The third-order valence-electron chi connectivity index (χ3n) is 1.20. The number of hydrogen-bond donors (Lipinski definition) is 1. The lowest BCUT2D eigenvalue weighted by atomic mass is 10.2. The van der Waals surface area contributed by atoms with Crippen LogP contribution in [-0.2, 0) is 9.59 Å². The Labute approximate surface area is 92.4 Å². The molecule has 0 amide bonds. The highest BCUT2D eigenvalue weighted by Crippen LogP contribution is 2.13. The molecule has 0 aliphatic heterocycles. The van der Waals surface area contributed by atoms with Crippen LogP contribution >= 0.6 is 35.9 Å². The van der Waals surface area contributed by atoms with E-state index in [1.54, 1.807) is 0 Å². The van der Waals surface area contributed by atoms with E-state index in [1.165, 1.54) is 18.7 Å². The van der Waals surface area contributed by atoms with Crippen molar-refractivity contribution in [2.75, 3.05) is 17.8 Å². The highest BCUT2D eigenvalue weighted by molar-refractivity contribution is 8.13. The van der Waals surface area contributed by atoms with Gasteiger partial charge in [-0.1, -0.05) is 11.8 Å². The molecule has 0 rings (SSSR count). The first-order valence-electron chi connectivity index (χ1n) is 3.43. The van der Waals surface area contributed by atoms with Gasteiger partial charge in [-0.3, -0.25) is 9.59 Å². The van der Waals surface area contributed by atoms with Crippen LogP contribution in [0.2, 0.25) is 0 Å². The van der Waals surface area contributed by atoms with Gasteiger partial charge in [0, 0.05) is 18.4 Å². The fraction of sp³-hybridized carbons (Fsp3) is 0.714. The maximum Gasteiger partial charge on any atom is 0.308 e. The summed E-state index contributed by atoms with van der Waals surface area (Å²) in [7, 11) is 0. The van der Waals surface area contributed by atoms with Crippen molar-refractivity contribution in [2.24, 2.45) is 5.92 Å². The second-order valence-corrected chi connectivity index (χ2v) is 4.40. The van der Waals surface area contributed by atoms with E-state index in [9.17, 15) is 9.59 Å². The molecule has 6 heteroatoms. The second kappa shape index (κ2) is 8.72. The Morgan fingerprint density at radius 2 is 1.92 bits per heavy atom. The van der Waals surface area contributed by atoms with Crippen LogP contribution in [0, 0.1) is 5.92 Å². The molecule has 0 spiro atoms. The minimum Gasteiger partial charge on any atom is -0.481 e. The first-order valence-corrected chi connectivity index (χ1v) is 5.81. The van der Waals surface area contributed by atoms with Gasteiger partial charge in [0.25, 0.3) is 0 Å². The summed E-state index contributed by atoms with van der Waals surface area (Å²) in [6, 6.07) is 0. The van der Waals surface area contributed by atoms with E-state index in [1.807, 2.05) is 6.26 Å². The van der Waals surface area contributed by atoms with Crippen LogP contribution in [0.15, 0.2) is 0 Å². The Morgan fingerprint density at radius 3 is 2.23 bits per heavy atom. The van der Waals surface area contributed by atoms with Gasteiger partial charge in [-0.25, -0.2) is 0 Å². The van der Waals surface area contributed by atoms with Crippen LogP contribution in [0.25, 0.3) is 0 Å². The van der Waals surface area contributed by atoms with Crippen LogP contribution in [0.1, 0.15) is 6.92 Å². The maximum absolute atomic E-state index is 10.6. The number of carboxylic acid groups (broad SMARTS) is 1. The maximum atomic E-state index is 10.6. The van der Waals surface area contributed by atoms with Crippen molar-refractivity contribution in [1.82, 2.24) is 0 Å². The lowest BCUT2D eigenvalue weighted by Crippen LogP contribution is -2.19. The summed E-state index contributed by atoms with van der Waals surface area (Å²) in [5, 5.41) is 8.65. The molecule has 13 heavy (non-hydrogen) atoms. The molecule has 0 fully saturated rings. The van der Waals surface area contributed by atoms with Crippen molar-refractivity contribution >= 4 is 47.0 Å². The Balaban J connectivity index is 0. The van der Waals surface area contributed by atoms with Gasteiger partial charge in [0.05, 0.1) is 5.92 Å². The number of carbonyl (C=O) groups is 2. The number of carbonyl (C=O) groups excluding carboxylic acids is 1. The molecule has 0 aromatic rings. The SMILES string of the molecule is CSCC(CSC(C)=O)C(=O)O.Cl. The summed E-state index contributed by atoms with van der Waals surface area (Å²) < 4.78 is 0. The Bertz CT molecular complexity index is 175.